The van der Waals surface area contributed by atoms with Crippen LogP contribution in [0.1, 0.15) is 44.2 Å². The first-order chi connectivity index (χ1) is 15.5. The summed E-state index contributed by atoms with van der Waals surface area (Å²) >= 11 is 0. The monoisotopic (exact) mass is 438 g/mol. The van der Waals surface area contributed by atoms with Gasteiger partial charge in [0.25, 0.3) is 0 Å². The average Bonchev–Trinajstić information content (AvgIpc) is 3.11. The Morgan fingerprint density at radius 1 is 1.12 bits per heavy atom. The van der Waals surface area contributed by atoms with Crippen LogP contribution >= 0.6 is 0 Å². The largest absolute Gasteiger partial charge is 0.365 e. The second-order valence-electron chi connectivity index (χ2n) is 9.68. The third kappa shape index (κ3) is 4.01. The Bertz CT molecular complexity index is 1010. The normalized spacial score (nSPS) is 26.0. The van der Waals surface area contributed by atoms with Crippen LogP contribution in [0.25, 0.3) is 10.9 Å². The molecular formula is C24H34N6O2. The Kier molecular flexibility index (Phi) is 5.90. The number of benzene rings is 1. The van der Waals surface area contributed by atoms with E-state index in [0.29, 0.717) is 18.9 Å². The number of anilines is 1. The molecule has 1 aromatic carbocycles. The van der Waals surface area contributed by atoms with Gasteiger partial charge in [-0.1, -0.05) is 12.1 Å². The number of carbonyl (C=O) groups excluding carboxylic acids is 2. The third-order valence-corrected chi connectivity index (χ3v) is 7.44. The molecule has 3 saturated heterocycles. The molecule has 2 aromatic rings. The summed E-state index contributed by atoms with van der Waals surface area (Å²) in [6, 6.07) is 6.72. The molecule has 3 aliphatic heterocycles. The topological polar surface area (TPSA) is 82.5 Å². The average molecular weight is 439 g/mol. The molecule has 172 valence electrons. The highest BCUT2D eigenvalue weighted by molar-refractivity contribution is 6.03. The predicted molar refractivity (Wildman–Crippen MR) is 125 cm³/mol. The first kappa shape index (κ1) is 21.4. The molecule has 2 atom stereocenters. The van der Waals surface area contributed by atoms with Crippen molar-refractivity contribution in [2.75, 3.05) is 44.2 Å². The van der Waals surface area contributed by atoms with Crippen LogP contribution in [0, 0.1) is 5.92 Å². The van der Waals surface area contributed by atoms with E-state index in [1.165, 1.54) is 25.1 Å². The van der Waals surface area contributed by atoms with Crippen LogP contribution in [0.2, 0.25) is 0 Å². The first-order valence-corrected chi connectivity index (χ1v) is 12.0. The number of fused-ring (bicyclic) bond motifs is 1. The number of piperazine rings is 1. The van der Waals surface area contributed by atoms with E-state index in [1.807, 2.05) is 11.7 Å². The molecule has 4 heterocycles. The molecule has 2 amide bonds. The van der Waals surface area contributed by atoms with Crippen molar-refractivity contribution in [1.29, 1.82) is 0 Å². The summed E-state index contributed by atoms with van der Waals surface area (Å²) in [6.07, 6.45) is 3.45. The van der Waals surface area contributed by atoms with Gasteiger partial charge < -0.3 is 10.2 Å². The summed E-state index contributed by atoms with van der Waals surface area (Å²) < 4.78 is 1.91. The SMILES string of the molecule is CC1CN(CC2CCNCC2)CCN1c1cccc2c(C3CCC(=O)NC3=O)nn(C)c12. The van der Waals surface area contributed by atoms with E-state index >= 15 is 0 Å². The molecule has 0 spiro atoms. The Hall–Kier alpha value is -2.45. The number of aromatic nitrogens is 2. The molecule has 3 fully saturated rings. The zero-order valence-corrected chi connectivity index (χ0v) is 19.1. The highest BCUT2D eigenvalue weighted by Crippen LogP contribution is 2.36. The number of carbonyl (C=O) groups is 2. The summed E-state index contributed by atoms with van der Waals surface area (Å²) in [7, 11) is 1.96. The van der Waals surface area contributed by atoms with E-state index in [-0.39, 0.29) is 17.7 Å². The molecule has 5 rings (SSSR count). The van der Waals surface area contributed by atoms with Crippen LogP contribution in [-0.4, -0.2) is 71.8 Å². The minimum Gasteiger partial charge on any atom is -0.365 e. The molecular weight excluding hydrogens is 404 g/mol. The molecule has 0 bridgehead atoms. The van der Waals surface area contributed by atoms with Gasteiger partial charge in [-0.05, 0) is 51.3 Å². The van der Waals surface area contributed by atoms with Gasteiger partial charge in [-0.25, -0.2) is 0 Å². The van der Waals surface area contributed by atoms with Crippen molar-refractivity contribution < 1.29 is 9.59 Å². The first-order valence-electron chi connectivity index (χ1n) is 12.0. The van der Waals surface area contributed by atoms with E-state index in [2.05, 4.69) is 45.6 Å². The molecule has 8 nitrogen and oxygen atoms in total. The van der Waals surface area contributed by atoms with Gasteiger partial charge in [-0.15, -0.1) is 0 Å². The predicted octanol–water partition coefficient (Wildman–Crippen LogP) is 1.60. The van der Waals surface area contributed by atoms with E-state index < -0.39 is 0 Å². The standard InChI is InChI=1S/C24H34N6O2/c1-16-14-29(15-17-8-10-25-11-9-17)12-13-30(16)20-5-3-4-18-22(27-28(2)23(18)20)19-6-7-21(31)26-24(19)32/h3-5,16-17,19,25H,6-15H2,1-2H3,(H,26,31,32). The number of para-hydroxylation sites is 1. The molecule has 8 heteroatoms. The number of aryl methyl sites for hydroxylation is 1. The van der Waals surface area contributed by atoms with Crippen LogP contribution in [0.15, 0.2) is 18.2 Å². The van der Waals surface area contributed by atoms with Crippen molar-refractivity contribution in [3.05, 3.63) is 23.9 Å². The summed E-state index contributed by atoms with van der Waals surface area (Å²) in [5, 5.41) is 11.7. The lowest BCUT2D eigenvalue weighted by Crippen LogP contribution is -2.53. The lowest BCUT2D eigenvalue weighted by Gasteiger charge is -2.43. The Morgan fingerprint density at radius 2 is 1.94 bits per heavy atom. The van der Waals surface area contributed by atoms with Gasteiger partial charge in [0.1, 0.15) is 0 Å². The molecule has 0 aliphatic carbocycles. The van der Waals surface area contributed by atoms with Gasteiger partial charge in [0.05, 0.1) is 22.8 Å². The summed E-state index contributed by atoms with van der Waals surface area (Å²) in [5.41, 5.74) is 3.04. The highest BCUT2D eigenvalue weighted by atomic mass is 16.2. The van der Waals surface area contributed by atoms with Gasteiger partial charge >= 0.3 is 0 Å². The van der Waals surface area contributed by atoms with Crippen molar-refractivity contribution >= 4 is 28.4 Å². The second-order valence-corrected chi connectivity index (χ2v) is 9.68. The minimum atomic E-state index is -0.370. The quantitative estimate of drug-likeness (QED) is 0.706. The zero-order valence-electron chi connectivity index (χ0n) is 19.1. The molecule has 32 heavy (non-hydrogen) atoms. The Morgan fingerprint density at radius 3 is 2.69 bits per heavy atom. The smallest absolute Gasteiger partial charge is 0.235 e. The number of hydrogen-bond acceptors (Lipinski definition) is 6. The molecule has 3 aliphatic rings. The lowest BCUT2D eigenvalue weighted by molar-refractivity contribution is -0.134. The van der Waals surface area contributed by atoms with Crippen LogP contribution in [0.4, 0.5) is 5.69 Å². The number of nitrogens with zero attached hydrogens (tertiary/aromatic N) is 4. The van der Waals surface area contributed by atoms with E-state index in [1.54, 1.807) is 0 Å². The summed E-state index contributed by atoms with van der Waals surface area (Å²) in [5.74, 6) is 0.0207. The fraction of sp³-hybridized carbons (Fsp3) is 0.625. The number of rotatable bonds is 4. The van der Waals surface area contributed by atoms with Gasteiger partial charge in [0.15, 0.2) is 0 Å². The number of nitrogens with one attached hydrogen (secondary N) is 2. The maximum atomic E-state index is 12.5. The lowest BCUT2D eigenvalue weighted by atomic mass is 9.92. The van der Waals surface area contributed by atoms with Crippen LogP contribution in [0.3, 0.4) is 0 Å². The van der Waals surface area contributed by atoms with Crippen LogP contribution in [-0.2, 0) is 16.6 Å². The van der Waals surface area contributed by atoms with E-state index in [4.69, 9.17) is 5.10 Å². The number of imide groups is 1. The number of hydrogen-bond donors (Lipinski definition) is 2. The molecule has 0 radical (unpaired) electrons. The summed E-state index contributed by atoms with van der Waals surface area (Å²) in [4.78, 5) is 29.2. The molecule has 1 aromatic heterocycles. The van der Waals surface area contributed by atoms with Crippen molar-refractivity contribution in [1.82, 2.24) is 25.3 Å². The molecule has 2 N–H and O–H groups in total. The number of piperidine rings is 2. The van der Waals surface area contributed by atoms with Gasteiger partial charge in [0, 0.05) is 51.1 Å². The van der Waals surface area contributed by atoms with Crippen LogP contribution in [0.5, 0.6) is 0 Å². The Labute approximate surface area is 189 Å². The fourth-order valence-corrected chi connectivity index (χ4v) is 5.77. The van der Waals surface area contributed by atoms with Gasteiger partial charge in [-0.2, -0.15) is 5.10 Å². The maximum Gasteiger partial charge on any atom is 0.235 e. The van der Waals surface area contributed by atoms with Crippen molar-refractivity contribution in [2.24, 2.45) is 13.0 Å². The van der Waals surface area contributed by atoms with E-state index in [9.17, 15) is 9.59 Å². The van der Waals surface area contributed by atoms with Crippen molar-refractivity contribution in [3.8, 4) is 0 Å². The van der Waals surface area contributed by atoms with Gasteiger partial charge in [0.2, 0.25) is 11.8 Å². The summed E-state index contributed by atoms with van der Waals surface area (Å²) in [6.45, 7) is 8.95. The third-order valence-electron chi connectivity index (χ3n) is 7.44. The van der Waals surface area contributed by atoms with E-state index in [0.717, 1.165) is 55.2 Å². The second kappa shape index (κ2) is 8.83. The number of amides is 2. The van der Waals surface area contributed by atoms with Crippen molar-refractivity contribution in [3.63, 3.8) is 0 Å². The Balaban J connectivity index is 1.37. The van der Waals surface area contributed by atoms with Crippen molar-refractivity contribution in [2.45, 2.75) is 44.6 Å². The fourth-order valence-electron chi connectivity index (χ4n) is 5.77. The molecule has 0 saturated carbocycles. The zero-order chi connectivity index (χ0) is 22.2. The maximum absolute atomic E-state index is 12.5. The highest BCUT2D eigenvalue weighted by Gasteiger charge is 2.33. The molecule has 2 unspecified atom stereocenters. The van der Waals surface area contributed by atoms with Crippen LogP contribution < -0.4 is 15.5 Å². The minimum absolute atomic E-state index is 0.191. The van der Waals surface area contributed by atoms with Gasteiger partial charge in [-0.3, -0.25) is 24.5 Å².